The summed E-state index contributed by atoms with van der Waals surface area (Å²) < 4.78 is 0. The van der Waals surface area contributed by atoms with Gasteiger partial charge in [0, 0.05) is 20.0 Å². The van der Waals surface area contributed by atoms with Gasteiger partial charge in [-0.25, -0.2) is 0 Å². The molecule has 0 bridgehead atoms. The van der Waals surface area contributed by atoms with Crippen LogP contribution in [0, 0.1) is 5.92 Å². The molecule has 14 heavy (non-hydrogen) atoms. The quantitative estimate of drug-likeness (QED) is 0.651. The van der Waals surface area contributed by atoms with Gasteiger partial charge in [-0.2, -0.15) is 0 Å². The van der Waals surface area contributed by atoms with Crippen molar-refractivity contribution < 1.29 is 4.79 Å². The van der Waals surface area contributed by atoms with Crippen molar-refractivity contribution in [1.82, 2.24) is 10.2 Å². The topological polar surface area (TPSA) is 32.3 Å². The highest BCUT2D eigenvalue weighted by Crippen LogP contribution is 2.10. The number of hydrogen-bond acceptors (Lipinski definition) is 2. The van der Waals surface area contributed by atoms with Crippen LogP contribution in [0.2, 0.25) is 0 Å². The molecule has 1 saturated heterocycles. The molecule has 0 radical (unpaired) electrons. The smallest absolute Gasteiger partial charge is 0.222 e. The maximum Gasteiger partial charge on any atom is 0.222 e. The first-order valence-electron chi connectivity index (χ1n) is 5.68. The number of carbonyl (C=O) groups is 1. The van der Waals surface area contributed by atoms with E-state index in [-0.39, 0.29) is 0 Å². The fourth-order valence-corrected chi connectivity index (χ4v) is 1.62. The van der Waals surface area contributed by atoms with E-state index in [2.05, 4.69) is 12.2 Å². The molecule has 1 aliphatic rings. The number of hydrogen-bond donors (Lipinski definition) is 1. The van der Waals surface area contributed by atoms with Crippen LogP contribution >= 0.6 is 0 Å². The summed E-state index contributed by atoms with van der Waals surface area (Å²) in [5.74, 6) is 0.906. The Hall–Kier alpha value is -0.570. The minimum atomic E-state index is 0.313. The highest BCUT2D eigenvalue weighted by molar-refractivity contribution is 5.76. The maximum atomic E-state index is 11.6. The Morgan fingerprint density at radius 2 is 2.14 bits per heavy atom. The molecule has 1 aliphatic heterocycles. The van der Waals surface area contributed by atoms with E-state index >= 15 is 0 Å². The van der Waals surface area contributed by atoms with Gasteiger partial charge in [0.05, 0.1) is 0 Å². The van der Waals surface area contributed by atoms with E-state index in [1.807, 2.05) is 11.9 Å². The van der Waals surface area contributed by atoms with Gasteiger partial charge in [0.15, 0.2) is 0 Å². The molecule has 0 aromatic heterocycles. The summed E-state index contributed by atoms with van der Waals surface area (Å²) in [6.07, 6.45) is 4.31. The Morgan fingerprint density at radius 3 is 2.64 bits per heavy atom. The van der Waals surface area contributed by atoms with Crippen LogP contribution in [-0.2, 0) is 4.79 Å². The zero-order chi connectivity index (χ0) is 10.4. The van der Waals surface area contributed by atoms with Gasteiger partial charge in [-0.1, -0.05) is 19.8 Å². The van der Waals surface area contributed by atoms with E-state index in [0.717, 1.165) is 32.5 Å². The van der Waals surface area contributed by atoms with Crippen LogP contribution < -0.4 is 5.32 Å². The van der Waals surface area contributed by atoms with Gasteiger partial charge in [-0.05, 0) is 25.4 Å². The molecule has 0 unspecified atom stereocenters. The summed E-state index contributed by atoms with van der Waals surface area (Å²) in [5, 5.41) is 3.19. The number of amides is 1. The minimum absolute atomic E-state index is 0.313. The molecule has 1 N–H and O–H groups in total. The van der Waals surface area contributed by atoms with Crippen molar-refractivity contribution in [2.24, 2.45) is 5.92 Å². The largest absolute Gasteiger partial charge is 0.346 e. The lowest BCUT2D eigenvalue weighted by molar-refractivity contribution is -0.131. The first kappa shape index (κ1) is 11.5. The second-order valence-electron chi connectivity index (χ2n) is 4.25. The monoisotopic (exact) mass is 198 g/mol. The molecule has 1 amide bonds. The third-order valence-electron chi connectivity index (χ3n) is 2.85. The molecule has 1 heterocycles. The number of nitrogens with one attached hydrogen (secondary N) is 1. The van der Waals surface area contributed by atoms with Crippen molar-refractivity contribution >= 4 is 5.91 Å². The molecule has 0 spiro atoms. The Bertz CT molecular complexity index is 178. The van der Waals surface area contributed by atoms with Crippen LogP contribution in [0.1, 0.15) is 32.6 Å². The van der Waals surface area contributed by atoms with Crippen LogP contribution in [0.4, 0.5) is 0 Å². The Kier molecular flexibility index (Phi) is 4.94. The van der Waals surface area contributed by atoms with Crippen molar-refractivity contribution in [2.75, 3.05) is 26.7 Å². The van der Waals surface area contributed by atoms with Gasteiger partial charge in [-0.3, -0.25) is 4.79 Å². The van der Waals surface area contributed by atoms with Gasteiger partial charge in [-0.15, -0.1) is 0 Å². The molecule has 0 aliphatic carbocycles. The minimum Gasteiger partial charge on any atom is -0.346 e. The lowest BCUT2D eigenvalue weighted by Gasteiger charge is -2.28. The Labute approximate surface area is 86.9 Å². The molecule has 3 heteroatoms. The van der Waals surface area contributed by atoms with E-state index in [1.54, 1.807) is 0 Å². The number of rotatable bonds is 6. The second kappa shape index (κ2) is 6.02. The molecular weight excluding hydrogens is 176 g/mol. The number of unbranched alkanes of at least 4 members (excludes halogenated alkanes) is 2. The first-order valence-corrected chi connectivity index (χ1v) is 5.68. The van der Waals surface area contributed by atoms with Crippen molar-refractivity contribution in [1.29, 1.82) is 0 Å². The Balaban J connectivity index is 2.08. The van der Waals surface area contributed by atoms with E-state index in [0.29, 0.717) is 11.8 Å². The van der Waals surface area contributed by atoms with E-state index < -0.39 is 0 Å². The lowest BCUT2D eigenvalue weighted by atomic mass is 9.99. The summed E-state index contributed by atoms with van der Waals surface area (Å²) in [5.41, 5.74) is 0. The molecule has 0 saturated carbocycles. The van der Waals surface area contributed by atoms with Crippen molar-refractivity contribution in [3.8, 4) is 0 Å². The summed E-state index contributed by atoms with van der Waals surface area (Å²) in [6, 6.07) is 0. The van der Waals surface area contributed by atoms with Crippen LogP contribution in [0.15, 0.2) is 0 Å². The summed E-state index contributed by atoms with van der Waals surface area (Å²) >= 11 is 0. The highest BCUT2D eigenvalue weighted by atomic mass is 16.2. The fraction of sp³-hybridized carbons (Fsp3) is 0.909. The zero-order valence-corrected chi connectivity index (χ0v) is 9.38. The fourth-order valence-electron chi connectivity index (χ4n) is 1.62. The summed E-state index contributed by atoms with van der Waals surface area (Å²) in [7, 11) is 1.92. The van der Waals surface area contributed by atoms with Crippen molar-refractivity contribution in [3.05, 3.63) is 0 Å². The third-order valence-corrected chi connectivity index (χ3v) is 2.85. The average molecular weight is 198 g/mol. The standard InChI is InChI=1S/C11H22N2O/c1-3-4-5-6-13(2)11(14)7-10-8-12-9-10/h10,12H,3-9H2,1-2H3. The highest BCUT2D eigenvalue weighted by Gasteiger charge is 2.21. The number of nitrogens with zero attached hydrogens (tertiary/aromatic N) is 1. The summed E-state index contributed by atoms with van der Waals surface area (Å²) in [4.78, 5) is 13.5. The molecular formula is C11H22N2O. The van der Waals surface area contributed by atoms with Crippen molar-refractivity contribution in [3.63, 3.8) is 0 Å². The summed E-state index contributed by atoms with van der Waals surface area (Å²) in [6.45, 7) is 5.15. The predicted octanol–water partition coefficient (Wildman–Crippen LogP) is 1.24. The van der Waals surface area contributed by atoms with E-state index in [9.17, 15) is 4.79 Å². The average Bonchev–Trinajstić information content (AvgIpc) is 2.11. The van der Waals surface area contributed by atoms with Crippen LogP contribution in [0.25, 0.3) is 0 Å². The van der Waals surface area contributed by atoms with E-state index in [4.69, 9.17) is 0 Å². The molecule has 1 fully saturated rings. The molecule has 0 atom stereocenters. The first-order chi connectivity index (χ1) is 6.74. The zero-order valence-electron chi connectivity index (χ0n) is 9.38. The van der Waals surface area contributed by atoms with Gasteiger partial charge in [0.1, 0.15) is 0 Å². The van der Waals surface area contributed by atoms with Gasteiger partial charge >= 0.3 is 0 Å². The number of carbonyl (C=O) groups excluding carboxylic acids is 1. The van der Waals surface area contributed by atoms with E-state index in [1.165, 1.54) is 12.8 Å². The SMILES string of the molecule is CCCCCN(C)C(=O)CC1CNC1. The van der Waals surface area contributed by atoms with Crippen LogP contribution in [-0.4, -0.2) is 37.5 Å². The predicted molar refractivity (Wildman–Crippen MR) is 58.1 cm³/mol. The van der Waals surface area contributed by atoms with Gasteiger partial charge in [0.25, 0.3) is 0 Å². The lowest BCUT2D eigenvalue weighted by Crippen LogP contribution is -2.44. The van der Waals surface area contributed by atoms with Gasteiger partial charge in [0.2, 0.25) is 5.91 Å². The van der Waals surface area contributed by atoms with Gasteiger partial charge < -0.3 is 10.2 Å². The molecule has 0 aromatic carbocycles. The molecule has 82 valence electrons. The van der Waals surface area contributed by atoms with Crippen LogP contribution in [0.3, 0.4) is 0 Å². The van der Waals surface area contributed by atoms with Crippen molar-refractivity contribution in [2.45, 2.75) is 32.6 Å². The molecule has 3 nitrogen and oxygen atoms in total. The molecule has 1 rings (SSSR count). The molecule has 0 aromatic rings. The third kappa shape index (κ3) is 3.66. The van der Waals surface area contributed by atoms with Crippen LogP contribution in [0.5, 0.6) is 0 Å². The Morgan fingerprint density at radius 1 is 1.43 bits per heavy atom. The maximum absolute atomic E-state index is 11.6. The normalized spacial score (nSPS) is 16.4. The second-order valence-corrected chi connectivity index (χ2v) is 4.25.